The molecule has 1 aliphatic rings. The average molecular weight is 259 g/mol. The highest BCUT2D eigenvalue weighted by atomic mass is 32.2. The molecule has 8 nitrogen and oxygen atoms in total. The Kier molecular flexibility index (Phi) is 2.79. The van der Waals surface area contributed by atoms with Gasteiger partial charge in [-0.05, 0) is 6.92 Å². The van der Waals surface area contributed by atoms with E-state index in [4.69, 9.17) is 5.73 Å². The van der Waals surface area contributed by atoms with Gasteiger partial charge in [-0.3, -0.25) is 9.36 Å². The highest BCUT2D eigenvalue weighted by Gasteiger charge is 2.27. The van der Waals surface area contributed by atoms with Crippen molar-refractivity contribution in [3.05, 3.63) is 6.20 Å². The van der Waals surface area contributed by atoms with Crippen LogP contribution >= 0.6 is 0 Å². The lowest BCUT2D eigenvalue weighted by Crippen LogP contribution is -2.42. The smallest absolute Gasteiger partial charge is 0.258 e. The summed E-state index contributed by atoms with van der Waals surface area (Å²) in [6.07, 6.45) is 1.25. The van der Waals surface area contributed by atoms with Gasteiger partial charge in [0.25, 0.3) is 10.0 Å². The Morgan fingerprint density at radius 1 is 1.71 bits per heavy atom. The van der Waals surface area contributed by atoms with Crippen LogP contribution in [0.5, 0.6) is 0 Å². The number of hydrogen-bond acceptors (Lipinski definition) is 5. The molecule has 9 heteroatoms. The van der Waals surface area contributed by atoms with Gasteiger partial charge in [-0.25, -0.2) is 13.4 Å². The molecule has 2 rings (SSSR count). The molecule has 0 fully saturated rings. The zero-order valence-electron chi connectivity index (χ0n) is 9.17. The molecule has 1 aromatic heterocycles. The molecule has 1 unspecified atom stereocenters. The first-order valence-corrected chi connectivity index (χ1v) is 6.51. The SMILES string of the molecule is CC(NS(=O)(=O)c1cnc2n1CCN2)C(N)=O. The van der Waals surface area contributed by atoms with Gasteiger partial charge in [-0.2, -0.15) is 4.72 Å². The number of nitrogens with one attached hydrogen (secondary N) is 2. The van der Waals surface area contributed by atoms with Gasteiger partial charge < -0.3 is 11.1 Å². The number of carbonyl (C=O) groups excluding carboxylic acids is 1. The van der Waals surface area contributed by atoms with Gasteiger partial charge >= 0.3 is 0 Å². The lowest BCUT2D eigenvalue weighted by molar-refractivity contribution is -0.119. The number of nitrogens with two attached hydrogens (primary N) is 1. The van der Waals surface area contributed by atoms with E-state index in [9.17, 15) is 13.2 Å². The fourth-order valence-corrected chi connectivity index (χ4v) is 2.92. The van der Waals surface area contributed by atoms with Crippen molar-refractivity contribution in [2.45, 2.75) is 24.5 Å². The van der Waals surface area contributed by atoms with E-state index in [-0.39, 0.29) is 5.03 Å². The van der Waals surface area contributed by atoms with Crippen LogP contribution in [0.25, 0.3) is 0 Å². The first-order chi connectivity index (χ1) is 7.92. The van der Waals surface area contributed by atoms with Gasteiger partial charge in [-0.1, -0.05) is 0 Å². The Bertz CT molecular complexity index is 550. The van der Waals surface area contributed by atoms with Crippen molar-refractivity contribution < 1.29 is 13.2 Å². The van der Waals surface area contributed by atoms with Crippen LogP contribution in [-0.4, -0.2) is 36.5 Å². The molecule has 1 amide bonds. The third kappa shape index (κ3) is 2.11. The molecule has 0 radical (unpaired) electrons. The second kappa shape index (κ2) is 4.00. The maximum Gasteiger partial charge on any atom is 0.258 e. The number of imidazole rings is 1. The summed E-state index contributed by atoms with van der Waals surface area (Å²) in [7, 11) is -3.78. The average Bonchev–Trinajstić information content (AvgIpc) is 2.75. The monoisotopic (exact) mass is 259 g/mol. The normalized spacial score (nSPS) is 16.3. The lowest BCUT2D eigenvalue weighted by atomic mass is 10.4. The molecule has 0 saturated carbocycles. The fraction of sp³-hybridized carbons (Fsp3) is 0.500. The molecular weight excluding hydrogens is 246 g/mol. The Morgan fingerprint density at radius 3 is 3.06 bits per heavy atom. The van der Waals surface area contributed by atoms with E-state index in [0.717, 1.165) is 0 Å². The van der Waals surface area contributed by atoms with Crippen LogP contribution in [0, 0.1) is 0 Å². The van der Waals surface area contributed by atoms with Crippen molar-refractivity contribution >= 4 is 21.9 Å². The third-order valence-corrected chi connectivity index (χ3v) is 4.01. The van der Waals surface area contributed by atoms with Crippen LogP contribution in [0.4, 0.5) is 5.95 Å². The van der Waals surface area contributed by atoms with Crippen LogP contribution in [0.15, 0.2) is 11.2 Å². The summed E-state index contributed by atoms with van der Waals surface area (Å²) < 4.78 is 27.7. The standard InChI is InChI=1S/C8H13N5O3S/c1-5(7(9)14)12-17(15,16)6-4-11-8-10-2-3-13(6)8/h4-5,12H,2-3H2,1H3,(H2,9,14)(H,10,11). The van der Waals surface area contributed by atoms with E-state index in [2.05, 4.69) is 15.0 Å². The van der Waals surface area contributed by atoms with Crippen molar-refractivity contribution in [1.29, 1.82) is 0 Å². The summed E-state index contributed by atoms with van der Waals surface area (Å²) in [6.45, 7) is 2.55. The lowest BCUT2D eigenvalue weighted by Gasteiger charge is -2.11. The number of nitrogens with zero attached hydrogens (tertiary/aromatic N) is 2. The summed E-state index contributed by atoms with van der Waals surface area (Å²) in [4.78, 5) is 14.8. The summed E-state index contributed by atoms with van der Waals surface area (Å²) in [6, 6.07) is -0.958. The highest BCUT2D eigenvalue weighted by molar-refractivity contribution is 7.89. The first kappa shape index (κ1) is 11.9. The molecule has 17 heavy (non-hydrogen) atoms. The highest BCUT2D eigenvalue weighted by Crippen LogP contribution is 2.19. The second-order valence-corrected chi connectivity index (χ2v) is 5.40. The number of primary amides is 1. The fourth-order valence-electron chi connectivity index (χ4n) is 1.56. The van der Waals surface area contributed by atoms with Crippen molar-refractivity contribution in [2.75, 3.05) is 11.9 Å². The number of sulfonamides is 1. The van der Waals surface area contributed by atoms with Gasteiger partial charge in [0.1, 0.15) is 0 Å². The molecule has 4 N–H and O–H groups in total. The summed E-state index contributed by atoms with van der Waals surface area (Å²) in [5.41, 5.74) is 5.01. The van der Waals surface area contributed by atoms with Crippen LogP contribution in [0.1, 0.15) is 6.92 Å². The Balaban J connectivity index is 2.29. The van der Waals surface area contributed by atoms with Crippen LogP contribution in [0.2, 0.25) is 0 Å². The summed E-state index contributed by atoms with van der Waals surface area (Å²) in [5, 5.41) is 2.97. The molecule has 0 bridgehead atoms. The summed E-state index contributed by atoms with van der Waals surface area (Å²) in [5.74, 6) is -0.218. The maximum atomic E-state index is 12.0. The van der Waals surface area contributed by atoms with Crippen LogP contribution in [-0.2, 0) is 21.4 Å². The summed E-state index contributed by atoms with van der Waals surface area (Å²) >= 11 is 0. The number of amides is 1. The van der Waals surface area contributed by atoms with E-state index in [1.807, 2.05) is 0 Å². The molecule has 0 aliphatic carbocycles. The number of hydrogen-bond donors (Lipinski definition) is 3. The van der Waals surface area contributed by atoms with Crippen molar-refractivity contribution in [1.82, 2.24) is 14.3 Å². The van der Waals surface area contributed by atoms with Crippen molar-refractivity contribution in [3.8, 4) is 0 Å². The Morgan fingerprint density at radius 2 is 2.41 bits per heavy atom. The predicted octanol–water partition coefficient (Wildman–Crippen LogP) is -1.54. The van der Waals surface area contributed by atoms with Gasteiger partial charge in [0.05, 0.1) is 12.2 Å². The van der Waals surface area contributed by atoms with Crippen molar-refractivity contribution in [2.24, 2.45) is 5.73 Å². The zero-order valence-corrected chi connectivity index (χ0v) is 9.99. The Labute approximate surface area is 98.3 Å². The molecule has 1 aromatic rings. The minimum atomic E-state index is -3.78. The van der Waals surface area contributed by atoms with E-state index in [1.165, 1.54) is 17.7 Å². The van der Waals surface area contributed by atoms with Crippen molar-refractivity contribution in [3.63, 3.8) is 0 Å². The first-order valence-electron chi connectivity index (χ1n) is 5.03. The molecule has 0 spiro atoms. The molecule has 1 aliphatic heterocycles. The van der Waals surface area contributed by atoms with E-state index < -0.39 is 22.0 Å². The third-order valence-electron chi connectivity index (χ3n) is 2.47. The topological polar surface area (TPSA) is 119 Å². The van der Waals surface area contributed by atoms with E-state index >= 15 is 0 Å². The minimum Gasteiger partial charge on any atom is -0.368 e. The van der Waals surface area contributed by atoms with Gasteiger partial charge in [-0.15, -0.1) is 0 Å². The number of carbonyl (C=O) groups is 1. The molecule has 0 saturated heterocycles. The molecule has 94 valence electrons. The second-order valence-electron chi connectivity index (χ2n) is 3.74. The molecule has 2 heterocycles. The maximum absolute atomic E-state index is 12.0. The minimum absolute atomic E-state index is 0.0330. The van der Waals surface area contributed by atoms with Gasteiger partial charge in [0.2, 0.25) is 11.9 Å². The van der Waals surface area contributed by atoms with Gasteiger partial charge in [0.15, 0.2) is 5.03 Å². The van der Waals surface area contributed by atoms with Crippen LogP contribution < -0.4 is 15.8 Å². The zero-order chi connectivity index (χ0) is 12.6. The number of rotatable bonds is 4. The Hall–Kier alpha value is -1.61. The molecular formula is C8H13N5O3S. The molecule has 0 aromatic carbocycles. The largest absolute Gasteiger partial charge is 0.368 e. The quantitative estimate of drug-likeness (QED) is 0.605. The van der Waals surface area contributed by atoms with E-state index in [1.54, 1.807) is 0 Å². The van der Waals surface area contributed by atoms with Gasteiger partial charge in [0, 0.05) is 13.1 Å². The number of fused-ring (bicyclic) bond motifs is 1. The number of aromatic nitrogens is 2. The van der Waals surface area contributed by atoms with Crippen LogP contribution in [0.3, 0.4) is 0 Å². The molecule has 1 atom stereocenters. The number of anilines is 1. The van der Waals surface area contributed by atoms with E-state index in [0.29, 0.717) is 19.0 Å². The predicted molar refractivity (Wildman–Crippen MR) is 59.7 cm³/mol.